The van der Waals surface area contributed by atoms with Crippen molar-refractivity contribution in [3.8, 4) is 5.75 Å². The van der Waals surface area contributed by atoms with E-state index in [1.807, 2.05) is 20.8 Å². The van der Waals surface area contributed by atoms with Gasteiger partial charge >= 0.3 is 0 Å². The van der Waals surface area contributed by atoms with E-state index in [0.717, 1.165) is 11.1 Å². The van der Waals surface area contributed by atoms with Crippen LogP contribution in [0.15, 0.2) is 12.1 Å². The zero-order valence-electron chi connectivity index (χ0n) is 10.0. The lowest BCUT2D eigenvalue weighted by Crippen LogP contribution is -2.12. The molecule has 2 N–H and O–H groups in total. The molecule has 0 saturated carbocycles. The van der Waals surface area contributed by atoms with Crippen LogP contribution in [0.5, 0.6) is 5.75 Å². The van der Waals surface area contributed by atoms with Crippen LogP contribution in [0.2, 0.25) is 5.02 Å². The molecule has 0 aliphatic heterocycles. The van der Waals surface area contributed by atoms with Crippen molar-refractivity contribution in [1.29, 1.82) is 0 Å². The molecule has 0 aromatic heterocycles. The molecular weight excluding hydrogens is 224 g/mol. The topological polar surface area (TPSA) is 40.5 Å². The molecule has 0 saturated heterocycles. The van der Waals surface area contributed by atoms with Gasteiger partial charge in [0.05, 0.1) is 0 Å². The highest BCUT2D eigenvalue weighted by Gasteiger charge is 2.20. The first-order chi connectivity index (χ1) is 7.36. The van der Waals surface area contributed by atoms with Gasteiger partial charge in [-0.3, -0.25) is 0 Å². The second-order valence-corrected chi connectivity index (χ2v) is 5.47. The summed E-state index contributed by atoms with van der Waals surface area (Å²) in [6, 6.07) is 3.57. The minimum absolute atomic E-state index is 0.122. The Balaban J connectivity index is 3.16. The molecule has 0 aliphatic carbocycles. The van der Waals surface area contributed by atoms with Gasteiger partial charge in [-0.1, -0.05) is 32.4 Å². The van der Waals surface area contributed by atoms with Gasteiger partial charge in [-0.25, -0.2) is 0 Å². The monoisotopic (exact) mass is 242 g/mol. The predicted octanol–water partition coefficient (Wildman–Crippen LogP) is 3.27. The SMILES string of the molecule is CC(C)(C)c1cc(Cl)cc(CCCO)c1O. The van der Waals surface area contributed by atoms with Crippen LogP contribution in [0.1, 0.15) is 38.3 Å². The quantitative estimate of drug-likeness (QED) is 0.854. The first kappa shape index (κ1) is 13.3. The molecule has 0 spiro atoms. The van der Waals surface area contributed by atoms with E-state index in [2.05, 4.69) is 0 Å². The van der Waals surface area contributed by atoms with Gasteiger partial charge < -0.3 is 10.2 Å². The first-order valence-electron chi connectivity index (χ1n) is 5.49. The molecule has 0 bridgehead atoms. The van der Waals surface area contributed by atoms with Crippen LogP contribution in [0.3, 0.4) is 0 Å². The minimum Gasteiger partial charge on any atom is -0.507 e. The van der Waals surface area contributed by atoms with Crippen LogP contribution in [-0.4, -0.2) is 16.8 Å². The van der Waals surface area contributed by atoms with Crippen LogP contribution < -0.4 is 0 Å². The van der Waals surface area contributed by atoms with E-state index in [4.69, 9.17) is 16.7 Å². The normalized spacial score (nSPS) is 11.8. The van der Waals surface area contributed by atoms with Crippen LogP contribution in [0.4, 0.5) is 0 Å². The van der Waals surface area contributed by atoms with Gasteiger partial charge in [0.25, 0.3) is 0 Å². The van der Waals surface area contributed by atoms with Crippen LogP contribution in [-0.2, 0) is 11.8 Å². The van der Waals surface area contributed by atoms with Gasteiger partial charge in [-0.2, -0.15) is 0 Å². The van der Waals surface area contributed by atoms with E-state index in [1.54, 1.807) is 12.1 Å². The van der Waals surface area contributed by atoms with Crippen molar-refractivity contribution in [2.45, 2.75) is 39.0 Å². The number of aryl methyl sites for hydroxylation is 1. The highest BCUT2D eigenvalue weighted by Crippen LogP contribution is 2.36. The number of aliphatic hydroxyl groups is 1. The summed E-state index contributed by atoms with van der Waals surface area (Å²) in [5.74, 6) is 0.311. The highest BCUT2D eigenvalue weighted by atomic mass is 35.5. The standard InChI is InChI=1S/C13H19ClO2/c1-13(2,3)11-8-10(14)7-9(12(11)16)5-4-6-15/h7-8,15-16H,4-6H2,1-3H3. The van der Waals surface area contributed by atoms with Gasteiger partial charge in [0.1, 0.15) is 5.75 Å². The lowest BCUT2D eigenvalue weighted by atomic mass is 9.84. The Kier molecular flexibility index (Phi) is 4.22. The zero-order chi connectivity index (χ0) is 12.3. The molecule has 0 radical (unpaired) electrons. The number of rotatable bonds is 3. The van der Waals surface area contributed by atoms with Crippen molar-refractivity contribution in [3.05, 3.63) is 28.3 Å². The molecule has 0 aliphatic rings. The summed E-state index contributed by atoms with van der Waals surface area (Å²) in [6.45, 7) is 6.23. The van der Waals surface area contributed by atoms with Crippen molar-refractivity contribution >= 4 is 11.6 Å². The van der Waals surface area contributed by atoms with Gasteiger partial charge in [-0.05, 0) is 36.0 Å². The summed E-state index contributed by atoms with van der Waals surface area (Å²) in [7, 11) is 0. The third-order valence-electron chi connectivity index (χ3n) is 2.57. The number of phenolic OH excluding ortho intramolecular Hbond substituents is 1. The molecule has 0 unspecified atom stereocenters. The second kappa shape index (κ2) is 5.07. The Morgan fingerprint density at radius 2 is 1.88 bits per heavy atom. The third-order valence-corrected chi connectivity index (χ3v) is 2.78. The molecule has 0 heterocycles. The number of benzene rings is 1. The van der Waals surface area contributed by atoms with E-state index in [1.165, 1.54) is 0 Å². The zero-order valence-corrected chi connectivity index (χ0v) is 10.8. The maximum absolute atomic E-state index is 10.1. The van der Waals surface area contributed by atoms with Crippen molar-refractivity contribution in [3.63, 3.8) is 0 Å². The van der Waals surface area contributed by atoms with E-state index < -0.39 is 0 Å². The van der Waals surface area contributed by atoms with E-state index in [0.29, 0.717) is 23.6 Å². The van der Waals surface area contributed by atoms with Gasteiger partial charge in [-0.15, -0.1) is 0 Å². The molecule has 3 heteroatoms. The Morgan fingerprint density at radius 3 is 2.38 bits per heavy atom. The number of aromatic hydroxyl groups is 1. The summed E-state index contributed by atoms with van der Waals surface area (Å²) in [5, 5.41) is 19.6. The Labute approximate surface area is 102 Å². The summed E-state index contributed by atoms with van der Waals surface area (Å²) in [6.07, 6.45) is 1.28. The Morgan fingerprint density at radius 1 is 1.25 bits per heavy atom. The number of hydrogen-bond donors (Lipinski definition) is 2. The van der Waals surface area contributed by atoms with Crippen molar-refractivity contribution in [1.82, 2.24) is 0 Å². The molecule has 1 aromatic rings. The molecule has 1 aromatic carbocycles. The molecule has 2 nitrogen and oxygen atoms in total. The number of aliphatic hydroxyl groups excluding tert-OH is 1. The average molecular weight is 243 g/mol. The van der Waals surface area contributed by atoms with E-state index in [-0.39, 0.29) is 12.0 Å². The summed E-state index contributed by atoms with van der Waals surface area (Å²) < 4.78 is 0. The smallest absolute Gasteiger partial charge is 0.122 e. The maximum atomic E-state index is 10.1. The minimum atomic E-state index is -0.136. The third kappa shape index (κ3) is 3.13. The fourth-order valence-electron chi connectivity index (χ4n) is 1.69. The van der Waals surface area contributed by atoms with Gasteiger partial charge in [0.15, 0.2) is 0 Å². The fourth-order valence-corrected chi connectivity index (χ4v) is 1.93. The van der Waals surface area contributed by atoms with E-state index in [9.17, 15) is 5.11 Å². The highest BCUT2D eigenvalue weighted by molar-refractivity contribution is 6.30. The summed E-state index contributed by atoms with van der Waals surface area (Å²) in [4.78, 5) is 0. The summed E-state index contributed by atoms with van der Waals surface area (Å²) >= 11 is 6.03. The van der Waals surface area contributed by atoms with E-state index >= 15 is 0 Å². The molecule has 1 rings (SSSR count). The van der Waals surface area contributed by atoms with Crippen LogP contribution in [0, 0.1) is 0 Å². The molecular formula is C13H19ClO2. The second-order valence-electron chi connectivity index (χ2n) is 5.04. The largest absolute Gasteiger partial charge is 0.507 e. The number of hydrogen-bond acceptors (Lipinski definition) is 2. The van der Waals surface area contributed by atoms with Gasteiger partial charge in [0.2, 0.25) is 0 Å². The Bertz CT molecular complexity index is 367. The Hall–Kier alpha value is -0.730. The average Bonchev–Trinajstić information content (AvgIpc) is 2.17. The van der Waals surface area contributed by atoms with Gasteiger partial charge in [0, 0.05) is 17.2 Å². The van der Waals surface area contributed by atoms with Crippen molar-refractivity contribution in [2.75, 3.05) is 6.61 Å². The molecule has 0 atom stereocenters. The summed E-state index contributed by atoms with van der Waals surface area (Å²) in [5.41, 5.74) is 1.53. The van der Waals surface area contributed by atoms with Crippen molar-refractivity contribution in [2.24, 2.45) is 0 Å². The first-order valence-corrected chi connectivity index (χ1v) is 5.87. The molecule has 0 fully saturated rings. The van der Waals surface area contributed by atoms with Crippen LogP contribution >= 0.6 is 11.6 Å². The number of phenols is 1. The molecule has 16 heavy (non-hydrogen) atoms. The molecule has 90 valence electrons. The lowest BCUT2D eigenvalue weighted by molar-refractivity contribution is 0.288. The lowest BCUT2D eigenvalue weighted by Gasteiger charge is -2.22. The fraction of sp³-hybridized carbons (Fsp3) is 0.538. The van der Waals surface area contributed by atoms with Crippen molar-refractivity contribution < 1.29 is 10.2 Å². The van der Waals surface area contributed by atoms with Crippen LogP contribution in [0.25, 0.3) is 0 Å². The predicted molar refractivity (Wildman–Crippen MR) is 67.2 cm³/mol. The number of halogens is 1. The molecule has 0 amide bonds. The maximum Gasteiger partial charge on any atom is 0.122 e.